The summed E-state index contributed by atoms with van der Waals surface area (Å²) in [6.45, 7) is 3.89. The molecule has 37 heavy (non-hydrogen) atoms. The van der Waals surface area contributed by atoms with E-state index in [-0.39, 0.29) is 5.56 Å². The van der Waals surface area contributed by atoms with Crippen LogP contribution in [0.1, 0.15) is 32.1 Å². The van der Waals surface area contributed by atoms with Gasteiger partial charge in [0.2, 0.25) is 5.91 Å². The summed E-state index contributed by atoms with van der Waals surface area (Å²) >= 11 is 1.68. The molecule has 0 unspecified atom stereocenters. The van der Waals surface area contributed by atoms with Crippen molar-refractivity contribution in [1.82, 2.24) is 14.1 Å². The van der Waals surface area contributed by atoms with Crippen LogP contribution in [0.5, 0.6) is 0 Å². The Hall–Kier alpha value is -4.69. The number of imidazole rings is 1. The van der Waals surface area contributed by atoms with Gasteiger partial charge in [-0.1, -0.05) is 12.1 Å². The van der Waals surface area contributed by atoms with Crippen LogP contribution in [0.25, 0.3) is 42.9 Å². The second-order valence-corrected chi connectivity index (χ2v) is 10.0. The number of hydrogen-bond acceptors (Lipinski definition) is 4. The highest BCUT2D eigenvalue weighted by atomic mass is 32.1. The van der Waals surface area contributed by atoms with Crippen molar-refractivity contribution < 1.29 is 14.7 Å². The molecule has 3 N–H and O–H groups in total. The van der Waals surface area contributed by atoms with E-state index in [2.05, 4.69) is 44.5 Å². The zero-order chi connectivity index (χ0) is 25.8. The van der Waals surface area contributed by atoms with Gasteiger partial charge in [0.25, 0.3) is 0 Å². The van der Waals surface area contributed by atoms with E-state index in [9.17, 15) is 14.7 Å². The van der Waals surface area contributed by atoms with Crippen LogP contribution in [0, 0.1) is 13.8 Å². The van der Waals surface area contributed by atoms with E-state index in [1.807, 2.05) is 32.2 Å². The number of benzene rings is 3. The van der Waals surface area contributed by atoms with Crippen molar-refractivity contribution in [1.29, 1.82) is 0 Å². The molecule has 8 heteroatoms. The Labute approximate surface area is 216 Å². The lowest BCUT2D eigenvalue weighted by atomic mass is 10.1. The van der Waals surface area contributed by atoms with Crippen LogP contribution in [0.4, 0.5) is 0 Å². The normalized spacial score (nSPS) is 11.4. The topological polar surface area (TPSA) is 103 Å². The lowest BCUT2D eigenvalue weighted by molar-refractivity contribution is 0.0696. The molecule has 6 aromatic rings. The molecule has 3 heterocycles. The molecule has 0 fully saturated rings. The molecule has 0 saturated carbocycles. The van der Waals surface area contributed by atoms with Crippen LogP contribution >= 0.6 is 11.3 Å². The number of rotatable bonds is 5. The maximum absolute atomic E-state index is 11.8. The zero-order valence-corrected chi connectivity index (χ0v) is 20.9. The molecular weight excluding hydrogens is 484 g/mol. The van der Waals surface area contributed by atoms with E-state index < -0.39 is 11.9 Å². The summed E-state index contributed by atoms with van der Waals surface area (Å²) in [7, 11) is 0. The average Bonchev–Trinajstić information content (AvgIpc) is 3.60. The number of aromatic carboxylic acids is 1. The number of nitrogens with two attached hydrogens (primary N) is 1. The molecule has 0 spiro atoms. The number of aryl methyl sites for hydroxylation is 2. The Bertz CT molecular complexity index is 1880. The van der Waals surface area contributed by atoms with Crippen LogP contribution in [0.2, 0.25) is 0 Å². The molecule has 6 rings (SSSR count). The number of fused-ring (bicyclic) bond motifs is 3. The molecule has 0 radical (unpaired) electrons. The molecule has 0 saturated heterocycles. The monoisotopic (exact) mass is 506 g/mol. The quantitative estimate of drug-likeness (QED) is 0.294. The Morgan fingerprint density at radius 1 is 0.892 bits per heavy atom. The summed E-state index contributed by atoms with van der Waals surface area (Å²) in [5.41, 5.74) is 10.6. The van der Waals surface area contributed by atoms with Gasteiger partial charge < -0.3 is 15.4 Å². The van der Waals surface area contributed by atoms with Crippen molar-refractivity contribution in [2.24, 2.45) is 5.73 Å². The molecule has 0 atom stereocenters. The molecule has 182 valence electrons. The van der Waals surface area contributed by atoms with Crippen molar-refractivity contribution in [2.45, 2.75) is 13.8 Å². The fourth-order valence-corrected chi connectivity index (χ4v) is 5.88. The van der Waals surface area contributed by atoms with Gasteiger partial charge in [0.05, 0.1) is 16.6 Å². The van der Waals surface area contributed by atoms with Gasteiger partial charge >= 0.3 is 5.97 Å². The van der Waals surface area contributed by atoms with Crippen molar-refractivity contribution >= 4 is 45.0 Å². The number of primary amides is 1. The summed E-state index contributed by atoms with van der Waals surface area (Å²) in [5, 5.41) is 12.7. The van der Waals surface area contributed by atoms with E-state index in [0.29, 0.717) is 5.56 Å². The maximum atomic E-state index is 11.8. The first-order valence-electron chi connectivity index (χ1n) is 11.6. The number of carbonyl (C=O) groups excluding carboxylic acids is 1. The van der Waals surface area contributed by atoms with Crippen LogP contribution in [0.3, 0.4) is 0 Å². The molecule has 7 nitrogen and oxygen atoms in total. The van der Waals surface area contributed by atoms with Crippen LogP contribution < -0.4 is 5.73 Å². The molecule has 3 aromatic heterocycles. The SMILES string of the molecule is Cc1cc(C(N)=O)ccc1-n1c2ccc(-c3ccc(-n4ccnc4C)s3)cc2c2ccc(C(=O)O)cc21. The first-order valence-corrected chi connectivity index (χ1v) is 12.5. The minimum absolute atomic E-state index is 0.210. The molecule has 3 aromatic carbocycles. The fraction of sp³-hybridized carbons (Fsp3) is 0.0690. The lowest BCUT2D eigenvalue weighted by Crippen LogP contribution is -2.11. The van der Waals surface area contributed by atoms with Gasteiger partial charge in [-0.2, -0.15) is 0 Å². The first-order chi connectivity index (χ1) is 17.8. The highest BCUT2D eigenvalue weighted by Crippen LogP contribution is 2.38. The van der Waals surface area contributed by atoms with Crippen molar-refractivity contribution in [2.75, 3.05) is 0 Å². The van der Waals surface area contributed by atoms with Gasteiger partial charge in [-0.3, -0.25) is 9.36 Å². The molecule has 0 aliphatic carbocycles. The minimum Gasteiger partial charge on any atom is -0.478 e. The van der Waals surface area contributed by atoms with Gasteiger partial charge in [-0.25, -0.2) is 9.78 Å². The van der Waals surface area contributed by atoms with Crippen LogP contribution in [-0.4, -0.2) is 31.1 Å². The van der Waals surface area contributed by atoms with E-state index in [1.165, 1.54) is 0 Å². The number of aromatic nitrogens is 3. The third-order valence-corrected chi connectivity index (χ3v) is 7.81. The van der Waals surface area contributed by atoms with E-state index in [0.717, 1.165) is 54.3 Å². The number of carbonyl (C=O) groups is 2. The number of amides is 1. The summed E-state index contributed by atoms with van der Waals surface area (Å²) in [6.07, 6.45) is 3.74. The van der Waals surface area contributed by atoms with Gasteiger partial charge in [0.1, 0.15) is 10.8 Å². The van der Waals surface area contributed by atoms with Crippen molar-refractivity contribution in [3.8, 4) is 21.1 Å². The molecule has 0 bridgehead atoms. The predicted molar refractivity (Wildman–Crippen MR) is 146 cm³/mol. The number of thiophene rings is 1. The number of nitrogens with zero attached hydrogens (tertiary/aromatic N) is 3. The molecular formula is C29H22N4O3S. The number of hydrogen-bond donors (Lipinski definition) is 2. The standard InChI is InChI=1S/C29H22N4O3S/c1-16-13-19(28(30)34)5-7-23(16)33-24-8-4-18(26-9-10-27(37-26)32-12-11-31-17(32)2)14-22(24)21-6-3-20(29(35)36)15-25(21)33/h3-15H,1-2H3,(H2,30,34)(H,35,36). The average molecular weight is 507 g/mol. The predicted octanol–water partition coefficient (Wildman–Crippen LogP) is 6.11. The third kappa shape index (κ3) is 3.70. The van der Waals surface area contributed by atoms with Crippen LogP contribution in [0.15, 0.2) is 79.1 Å². The first kappa shape index (κ1) is 22.8. The zero-order valence-electron chi connectivity index (χ0n) is 20.1. The summed E-state index contributed by atoms with van der Waals surface area (Å²) < 4.78 is 4.11. The van der Waals surface area contributed by atoms with Crippen molar-refractivity contribution in [3.63, 3.8) is 0 Å². The number of carboxylic acid groups (broad SMARTS) is 1. The molecule has 0 aliphatic rings. The van der Waals surface area contributed by atoms with Gasteiger partial charge in [0.15, 0.2) is 0 Å². The molecule has 0 aliphatic heterocycles. The fourth-order valence-electron chi connectivity index (χ4n) is 4.85. The Kier molecular flexibility index (Phi) is 5.20. The van der Waals surface area contributed by atoms with E-state index in [1.54, 1.807) is 41.8 Å². The Morgan fingerprint density at radius 3 is 2.41 bits per heavy atom. The van der Waals surface area contributed by atoms with E-state index >= 15 is 0 Å². The minimum atomic E-state index is -0.985. The smallest absolute Gasteiger partial charge is 0.335 e. The lowest BCUT2D eigenvalue weighted by Gasteiger charge is -2.12. The van der Waals surface area contributed by atoms with Crippen LogP contribution in [-0.2, 0) is 0 Å². The second-order valence-electron chi connectivity index (χ2n) is 8.95. The highest BCUT2D eigenvalue weighted by Gasteiger charge is 2.18. The van der Waals surface area contributed by atoms with Crippen molar-refractivity contribution in [3.05, 3.63) is 102 Å². The maximum Gasteiger partial charge on any atom is 0.335 e. The summed E-state index contributed by atoms with van der Waals surface area (Å²) in [4.78, 5) is 28.9. The largest absolute Gasteiger partial charge is 0.478 e. The van der Waals surface area contributed by atoms with Gasteiger partial charge in [0, 0.05) is 39.3 Å². The number of carboxylic acids is 1. The second kappa shape index (κ2) is 8.46. The summed E-state index contributed by atoms with van der Waals surface area (Å²) in [6, 6.07) is 21.0. The Morgan fingerprint density at radius 2 is 1.70 bits per heavy atom. The Balaban J connectivity index is 1.58. The van der Waals surface area contributed by atoms with E-state index in [4.69, 9.17) is 5.73 Å². The summed E-state index contributed by atoms with van der Waals surface area (Å²) in [5.74, 6) is -0.545. The third-order valence-electron chi connectivity index (χ3n) is 6.67. The highest BCUT2D eigenvalue weighted by molar-refractivity contribution is 7.17. The van der Waals surface area contributed by atoms with Gasteiger partial charge in [-0.15, -0.1) is 11.3 Å². The van der Waals surface area contributed by atoms with Gasteiger partial charge in [-0.05, 0) is 79.6 Å². The molecule has 1 amide bonds.